The number of likely N-dealkylation sites (tertiary alicyclic amines) is 2. The number of anilines is 1. The first-order valence-electron chi connectivity index (χ1n) is 10.7. The highest BCUT2D eigenvalue weighted by Crippen LogP contribution is 2.33. The average Bonchev–Trinajstić information content (AvgIpc) is 3.55. The summed E-state index contributed by atoms with van der Waals surface area (Å²) in [6, 6.07) is -0.0504. The third-order valence-corrected chi connectivity index (χ3v) is 6.44. The van der Waals surface area contributed by atoms with Crippen molar-refractivity contribution in [3.63, 3.8) is 0 Å². The van der Waals surface area contributed by atoms with Crippen LogP contribution in [0.5, 0.6) is 0 Å². The predicted octanol–water partition coefficient (Wildman–Crippen LogP) is 0.599. The van der Waals surface area contributed by atoms with Crippen molar-refractivity contribution in [2.45, 2.75) is 0 Å². The molecule has 174 valence electrons. The van der Waals surface area contributed by atoms with Gasteiger partial charge in [-0.05, 0) is 0 Å². The Hall–Kier alpha value is -3.67. The number of hydrogen-bond acceptors (Lipinski definition) is 7. The Bertz CT molecular complexity index is 1160. The highest BCUT2D eigenvalue weighted by atomic mass is 19.1. The van der Waals surface area contributed by atoms with Crippen LogP contribution in [0.4, 0.5) is 15.0 Å². The molecule has 0 bridgehead atoms. The van der Waals surface area contributed by atoms with Crippen molar-refractivity contribution in [3.05, 3.63) is 36.2 Å². The highest BCUT2D eigenvalue weighted by molar-refractivity contribution is 6.45. The SMILES string of the molecule is CN1C=CN(c2ncc(F)c3c(C(=O)C(=O)N4CC5CN(C(=O)N(C)C)CC5C4)c[nH]c23)N1. The first-order valence-corrected chi connectivity index (χ1v) is 10.7. The number of Topliss-reactive ketones (excluding diaryl/α,β-unsaturated/α-hetero) is 1. The first-order chi connectivity index (χ1) is 15.7. The van der Waals surface area contributed by atoms with Crippen LogP contribution in [0.25, 0.3) is 10.9 Å². The molecular weight excluding hydrogens is 431 g/mol. The van der Waals surface area contributed by atoms with Crippen molar-refractivity contribution in [1.82, 2.24) is 35.2 Å². The maximum absolute atomic E-state index is 14.7. The summed E-state index contributed by atoms with van der Waals surface area (Å²) >= 11 is 0. The monoisotopic (exact) mass is 456 g/mol. The molecule has 33 heavy (non-hydrogen) atoms. The number of nitrogens with zero attached hydrogens (tertiary/aromatic N) is 6. The minimum atomic E-state index is -0.763. The Balaban J connectivity index is 1.34. The van der Waals surface area contributed by atoms with Crippen LogP contribution in [-0.4, -0.2) is 94.7 Å². The average molecular weight is 456 g/mol. The molecule has 0 spiro atoms. The van der Waals surface area contributed by atoms with Gasteiger partial charge < -0.3 is 19.7 Å². The van der Waals surface area contributed by atoms with Crippen molar-refractivity contribution in [2.75, 3.05) is 52.3 Å². The highest BCUT2D eigenvalue weighted by Gasteiger charge is 2.44. The Morgan fingerprint density at radius 2 is 1.76 bits per heavy atom. The van der Waals surface area contributed by atoms with E-state index >= 15 is 0 Å². The maximum Gasteiger partial charge on any atom is 0.319 e. The molecule has 5 heterocycles. The van der Waals surface area contributed by atoms with Gasteiger partial charge in [-0.15, -0.1) is 5.53 Å². The summed E-state index contributed by atoms with van der Waals surface area (Å²) in [5.41, 5.74) is 3.28. The predicted molar refractivity (Wildman–Crippen MR) is 117 cm³/mol. The minimum Gasteiger partial charge on any atom is -0.357 e. The normalized spacial score (nSPS) is 21.9. The molecule has 2 unspecified atom stereocenters. The number of ketones is 1. The number of aromatic nitrogens is 2. The van der Waals surface area contributed by atoms with Crippen LogP contribution in [0.2, 0.25) is 0 Å². The zero-order valence-electron chi connectivity index (χ0n) is 18.6. The summed E-state index contributed by atoms with van der Waals surface area (Å²) in [5.74, 6) is -1.47. The molecule has 0 radical (unpaired) electrons. The quantitative estimate of drug-likeness (QED) is 0.514. The zero-order valence-corrected chi connectivity index (χ0v) is 18.6. The van der Waals surface area contributed by atoms with Crippen LogP contribution in [0.1, 0.15) is 10.4 Å². The molecule has 5 rings (SSSR count). The van der Waals surface area contributed by atoms with E-state index in [-0.39, 0.29) is 28.8 Å². The lowest BCUT2D eigenvalue weighted by atomic mass is 10.0. The number of hydrazine groups is 2. The van der Waals surface area contributed by atoms with Crippen molar-refractivity contribution < 1.29 is 18.8 Å². The number of fused-ring (bicyclic) bond motifs is 2. The van der Waals surface area contributed by atoms with E-state index in [1.807, 2.05) is 0 Å². The van der Waals surface area contributed by atoms with Crippen molar-refractivity contribution in [3.8, 4) is 0 Å². The van der Waals surface area contributed by atoms with E-state index in [0.717, 1.165) is 6.20 Å². The third kappa shape index (κ3) is 3.46. The number of aromatic amines is 1. The number of amides is 3. The Kier molecular flexibility index (Phi) is 4.96. The van der Waals surface area contributed by atoms with Gasteiger partial charge in [-0.1, -0.05) is 0 Å². The molecule has 0 saturated carbocycles. The fourth-order valence-electron chi connectivity index (χ4n) is 4.83. The van der Waals surface area contributed by atoms with E-state index in [2.05, 4.69) is 15.5 Å². The molecule has 3 aliphatic heterocycles. The van der Waals surface area contributed by atoms with Crippen LogP contribution in [0.15, 0.2) is 24.8 Å². The molecule has 3 amide bonds. The molecule has 0 aromatic carbocycles. The Morgan fingerprint density at radius 3 is 2.36 bits per heavy atom. The number of carbonyl (C=O) groups is 3. The standard InChI is InChI=1S/C21H25FN8O3/c1-26(2)21(33)29-10-12-8-28(9-13(12)11-29)20(32)18(31)14-6-23-17-16(14)15(22)7-24-19(17)30-5-4-27(3)25-30/h4-7,12-13,23,25H,8-11H2,1-3H3. The first kappa shape index (κ1) is 21.2. The summed E-state index contributed by atoms with van der Waals surface area (Å²) in [5, 5.41) is 3.30. The van der Waals surface area contributed by atoms with Gasteiger partial charge in [0.15, 0.2) is 11.6 Å². The second-order valence-corrected chi connectivity index (χ2v) is 8.90. The largest absolute Gasteiger partial charge is 0.357 e. The third-order valence-electron chi connectivity index (χ3n) is 6.44. The van der Waals surface area contributed by atoms with Gasteiger partial charge in [0.1, 0.15) is 0 Å². The van der Waals surface area contributed by atoms with E-state index in [9.17, 15) is 18.8 Å². The number of pyridine rings is 1. The molecule has 2 aromatic rings. The van der Waals surface area contributed by atoms with Crippen LogP contribution < -0.4 is 10.5 Å². The number of rotatable bonds is 3. The molecular formula is C21H25FN8O3. The number of halogens is 1. The van der Waals surface area contributed by atoms with Crippen molar-refractivity contribution in [1.29, 1.82) is 0 Å². The van der Waals surface area contributed by atoms with Crippen LogP contribution in [0, 0.1) is 17.7 Å². The van der Waals surface area contributed by atoms with Gasteiger partial charge in [0, 0.05) is 77.8 Å². The summed E-state index contributed by atoms with van der Waals surface area (Å²) in [6.45, 7) is 1.92. The van der Waals surface area contributed by atoms with Crippen LogP contribution in [0.3, 0.4) is 0 Å². The van der Waals surface area contributed by atoms with Crippen molar-refractivity contribution in [2.24, 2.45) is 11.8 Å². The second kappa shape index (κ2) is 7.73. The van der Waals surface area contributed by atoms with Gasteiger partial charge in [0.05, 0.1) is 22.7 Å². The Morgan fingerprint density at radius 1 is 1.09 bits per heavy atom. The minimum absolute atomic E-state index is 0.0193. The number of H-pyrrole nitrogens is 1. The van der Waals surface area contributed by atoms with Gasteiger partial charge in [-0.3, -0.25) is 14.6 Å². The summed E-state index contributed by atoms with van der Waals surface area (Å²) in [4.78, 5) is 50.2. The second-order valence-electron chi connectivity index (χ2n) is 8.90. The van der Waals surface area contributed by atoms with Crippen LogP contribution >= 0.6 is 0 Å². The molecule has 2 aromatic heterocycles. The summed E-state index contributed by atoms with van der Waals surface area (Å²) in [6.07, 6.45) is 5.86. The fourth-order valence-corrected chi connectivity index (χ4v) is 4.83. The number of nitrogens with one attached hydrogen (secondary N) is 2. The van der Waals surface area contributed by atoms with Gasteiger partial charge in [-0.25, -0.2) is 19.2 Å². The van der Waals surface area contributed by atoms with E-state index in [0.29, 0.717) is 37.5 Å². The van der Waals surface area contributed by atoms with E-state index in [1.165, 1.54) is 16.0 Å². The molecule has 11 nitrogen and oxygen atoms in total. The molecule has 0 aliphatic carbocycles. The lowest BCUT2D eigenvalue weighted by Gasteiger charge is -2.24. The van der Waals surface area contributed by atoms with Gasteiger partial charge >= 0.3 is 6.03 Å². The Labute approximate surface area is 189 Å². The summed E-state index contributed by atoms with van der Waals surface area (Å²) in [7, 11) is 5.21. The topological polar surface area (TPSA) is 108 Å². The van der Waals surface area contributed by atoms with Gasteiger partial charge in [0.25, 0.3) is 11.7 Å². The van der Waals surface area contributed by atoms with Gasteiger partial charge in [-0.2, -0.15) is 0 Å². The summed E-state index contributed by atoms with van der Waals surface area (Å²) < 4.78 is 14.7. The lowest BCUT2D eigenvalue weighted by molar-refractivity contribution is -0.125. The number of urea groups is 1. The fraction of sp³-hybridized carbons (Fsp3) is 0.429. The number of hydrogen-bond donors (Lipinski definition) is 2. The van der Waals surface area contributed by atoms with E-state index in [4.69, 9.17) is 0 Å². The zero-order chi connectivity index (χ0) is 23.4. The molecule has 2 N–H and O–H groups in total. The lowest BCUT2D eigenvalue weighted by Crippen LogP contribution is -2.41. The van der Waals surface area contributed by atoms with Gasteiger partial charge in [0.2, 0.25) is 0 Å². The molecule has 12 heteroatoms. The van der Waals surface area contributed by atoms with E-state index < -0.39 is 17.5 Å². The molecule has 2 fully saturated rings. The van der Waals surface area contributed by atoms with E-state index in [1.54, 1.807) is 48.5 Å². The maximum atomic E-state index is 14.7. The molecule has 2 saturated heterocycles. The van der Waals surface area contributed by atoms with Crippen LogP contribution in [-0.2, 0) is 4.79 Å². The number of carbonyl (C=O) groups excluding carboxylic acids is 3. The molecule has 3 aliphatic rings. The molecule has 2 atom stereocenters. The van der Waals surface area contributed by atoms with Crippen molar-refractivity contribution >= 4 is 34.4 Å². The smallest absolute Gasteiger partial charge is 0.319 e.